The summed E-state index contributed by atoms with van der Waals surface area (Å²) in [5, 5.41) is 2.40. The van der Waals surface area contributed by atoms with Crippen molar-refractivity contribution in [2.24, 2.45) is 5.73 Å². The number of nitrogens with two attached hydrogens (primary N) is 1. The topological polar surface area (TPSA) is 103 Å². The van der Waals surface area contributed by atoms with E-state index in [2.05, 4.69) is 5.32 Å². The van der Waals surface area contributed by atoms with Gasteiger partial charge in [-0.05, 0) is 23.8 Å². The van der Waals surface area contributed by atoms with Crippen LogP contribution in [0.1, 0.15) is 26.3 Å². The molecule has 0 saturated carbocycles. The van der Waals surface area contributed by atoms with Gasteiger partial charge >= 0.3 is 0 Å². The van der Waals surface area contributed by atoms with Gasteiger partial charge < -0.3 is 20.4 Å². The maximum absolute atomic E-state index is 12.4. The molecule has 0 spiro atoms. The second-order valence-corrected chi connectivity index (χ2v) is 5.10. The van der Waals surface area contributed by atoms with E-state index >= 15 is 0 Å². The van der Waals surface area contributed by atoms with Crippen molar-refractivity contribution in [2.75, 3.05) is 20.2 Å². The quantitative estimate of drug-likeness (QED) is 0.716. The number of ether oxygens (including phenoxy) is 1. The Morgan fingerprint density at radius 3 is 2.62 bits per heavy atom. The summed E-state index contributed by atoms with van der Waals surface area (Å²) in [6.45, 7) is 1.09. The molecule has 126 valence electrons. The zero-order chi connectivity index (χ0) is 17.5. The van der Waals surface area contributed by atoms with E-state index in [1.807, 2.05) is 12.1 Å². The van der Waals surface area contributed by atoms with Crippen molar-refractivity contribution in [1.29, 1.82) is 0 Å². The summed E-state index contributed by atoms with van der Waals surface area (Å²) in [5.74, 6) is 0.159. The van der Waals surface area contributed by atoms with Gasteiger partial charge in [0.15, 0.2) is 6.29 Å². The van der Waals surface area contributed by atoms with Crippen LogP contribution in [0.3, 0.4) is 0 Å². The summed E-state index contributed by atoms with van der Waals surface area (Å²) in [6.07, 6.45) is 2.03. The zero-order valence-electron chi connectivity index (χ0n) is 13.3. The Hall–Kier alpha value is -2.93. The monoisotopic (exact) mass is 329 g/mol. The fourth-order valence-corrected chi connectivity index (χ4v) is 2.20. The number of nitrogens with one attached hydrogen (secondary N) is 1. The normalized spacial score (nSPS) is 10.2. The highest BCUT2D eigenvalue weighted by Gasteiger charge is 2.13. The van der Waals surface area contributed by atoms with Crippen molar-refractivity contribution < 1.29 is 14.3 Å². The third-order valence-electron chi connectivity index (χ3n) is 3.38. The molecule has 1 aromatic carbocycles. The van der Waals surface area contributed by atoms with E-state index in [9.17, 15) is 14.4 Å². The Morgan fingerprint density at radius 2 is 2.04 bits per heavy atom. The first-order valence-electron chi connectivity index (χ1n) is 7.42. The summed E-state index contributed by atoms with van der Waals surface area (Å²) in [5.41, 5.74) is 5.95. The minimum absolute atomic E-state index is 0.0648. The lowest BCUT2D eigenvalue weighted by atomic mass is 10.1. The van der Waals surface area contributed by atoms with Gasteiger partial charge in [-0.15, -0.1) is 0 Å². The standard InChI is InChI=1S/C17H19N3O4/c1-19-16(22)15-8-13(11-21)10-20(17(15)23)9-12-2-4-14(5-3-12)24-7-6-18/h2-5,8,10-11H,6-7,9,18H2,1H3,(H,19,22). The molecule has 2 rings (SSSR count). The van der Waals surface area contributed by atoms with Crippen LogP contribution in [0.25, 0.3) is 0 Å². The Morgan fingerprint density at radius 1 is 1.33 bits per heavy atom. The molecular formula is C17H19N3O4. The number of hydrogen-bond acceptors (Lipinski definition) is 5. The second kappa shape index (κ2) is 8.07. The maximum atomic E-state index is 12.4. The molecular weight excluding hydrogens is 310 g/mol. The van der Waals surface area contributed by atoms with Crippen LogP contribution in [0, 0.1) is 0 Å². The molecule has 0 aliphatic rings. The molecule has 0 saturated heterocycles. The van der Waals surface area contributed by atoms with Crippen LogP contribution in [0.4, 0.5) is 0 Å². The van der Waals surface area contributed by atoms with E-state index in [1.54, 1.807) is 12.1 Å². The van der Waals surface area contributed by atoms with Gasteiger partial charge in [-0.25, -0.2) is 0 Å². The van der Waals surface area contributed by atoms with Gasteiger partial charge in [0, 0.05) is 25.4 Å². The van der Waals surface area contributed by atoms with Gasteiger partial charge in [0.05, 0.1) is 6.54 Å². The molecule has 3 N–H and O–H groups in total. The van der Waals surface area contributed by atoms with Gasteiger partial charge in [0.1, 0.15) is 17.9 Å². The van der Waals surface area contributed by atoms with Crippen molar-refractivity contribution in [3.05, 3.63) is 63.6 Å². The largest absolute Gasteiger partial charge is 0.492 e. The van der Waals surface area contributed by atoms with E-state index in [1.165, 1.54) is 23.9 Å². The van der Waals surface area contributed by atoms with Gasteiger partial charge in [-0.1, -0.05) is 12.1 Å². The number of aromatic nitrogens is 1. The van der Waals surface area contributed by atoms with E-state index in [0.29, 0.717) is 25.2 Å². The number of rotatable bonds is 7. The summed E-state index contributed by atoms with van der Waals surface area (Å²) in [6, 6.07) is 8.46. The molecule has 1 amide bonds. The predicted molar refractivity (Wildman–Crippen MR) is 89.6 cm³/mol. The zero-order valence-corrected chi connectivity index (χ0v) is 13.3. The predicted octanol–water partition coefficient (Wildman–Crippen LogP) is 0.406. The molecule has 24 heavy (non-hydrogen) atoms. The molecule has 1 heterocycles. The molecule has 0 aliphatic heterocycles. The molecule has 0 unspecified atom stereocenters. The second-order valence-electron chi connectivity index (χ2n) is 5.10. The highest BCUT2D eigenvalue weighted by Crippen LogP contribution is 2.13. The van der Waals surface area contributed by atoms with Crippen LogP contribution < -0.4 is 21.3 Å². The number of pyridine rings is 1. The lowest BCUT2D eigenvalue weighted by Crippen LogP contribution is -2.31. The minimum atomic E-state index is -0.525. The first-order chi connectivity index (χ1) is 11.6. The summed E-state index contributed by atoms with van der Waals surface area (Å²) >= 11 is 0. The van der Waals surface area contributed by atoms with Crippen LogP contribution in [0.5, 0.6) is 5.75 Å². The number of benzene rings is 1. The average Bonchev–Trinajstić information content (AvgIpc) is 2.62. The molecule has 7 heteroatoms. The van der Waals surface area contributed by atoms with Crippen LogP contribution in [-0.2, 0) is 6.54 Å². The first-order valence-corrected chi connectivity index (χ1v) is 7.42. The van der Waals surface area contributed by atoms with Gasteiger partial charge in [-0.3, -0.25) is 14.4 Å². The van der Waals surface area contributed by atoms with E-state index in [0.717, 1.165) is 5.56 Å². The average molecular weight is 329 g/mol. The van der Waals surface area contributed by atoms with E-state index in [-0.39, 0.29) is 17.7 Å². The van der Waals surface area contributed by atoms with Crippen molar-refractivity contribution in [3.8, 4) is 5.75 Å². The fraction of sp³-hybridized carbons (Fsp3) is 0.235. The Kier molecular flexibility index (Phi) is 5.86. The lowest BCUT2D eigenvalue weighted by molar-refractivity contribution is 0.0961. The van der Waals surface area contributed by atoms with Crippen molar-refractivity contribution >= 4 is 12.2 Å². The van der Waals surface area contributed by atoms with Crippen molar-refractivity contribution in [3.63, 3.8) is 0 Å². The van der Waals surface area contributed by atoms with Crippen molar-refractivity contribution in [2.45, 2.75) is 6.54 Å². The molecule has 1 aromatic heterocycles. The third kappa shape index (κ3) is 4.08. The highest BCUT2D eigenvalue weighted by atomic mass is 16.5. The van der Waals surface area contributed by atoms with Gasteiger partial charge in [-0.2, -0.15) is 0 Å². The number of amides is 1. The SMILES string of the molecule is CNC(=O)c1cc(C=O)cn(Cc2ccc(OCCN)cc2)c1=O. The van der Waals surface area contributed by atoms with Crippen LogP contribution in [-0.4, -0.2) is 37.0 Å². The number of carbonyl (C=O) groups excluding carboxylic acids is 2. The smallest absolute Gasteiger partial charge is 0.263 e. The fourth-order valence-electron chi connectivity index (χ4n) is 2.20. The maximum Gasteiger partial charge on any atom is 0.263 e. The molecule has 7 nitrogen and oxygen atoms in total. The lowest BCUT2D eigenvalue weighted by Gasteiger charge is -2.10. The van der Waals surface area contributed by atoms with Gasteiger partial charge in [0.25, 0.3) is 11.5 Å². The summed E-state index contributed by atoms with van der Waals surface area (Å²) in [7, 11) is 1.43. The van der Waals surface area contributed by atoms with Crippen molar-refractivity contribution in [1.82, 2.24) is 9.88 Å². The number of carbonyl (C=O) groups is 2. The van der Waals surface area contributed by atoms with E-state index < -0.39 is 11.5 Å². The van der Waals surface area contributed by atoms with Crippen LogP contribution in [0.2, 0.25) is 0 Å². The summed E-state index contributed by atoms with van der Waals surface area (Å²) in [4.78, 5) is 35.2. The summed E-state index contributed by atoms with van der Waals surface area (Å²) < 4.78 is 6.73. The molecule has 0 radical (unpaired) electrons. The molecule has 0 aliphatic carbocycles. The highest BCUT2D eigenvalue weighted by molar-refractivity contribution is 5.95. The Labute approximate surface area is 139 Å². The third-order valence-corrected chi connectivity index (χ3v) is 3.38. The van der Waals surface area contributed by atoms with Crippen LogP contribution >= 0.6 is 0 Å². The molecule has 0 atom stereocenters. The molecule has 2 aromatic rings. The van der Waals surface area contributed by atoms with Crippen LogP contribution in [0.15, 0.2) is 41.3 Å². The minimum Gasteiger partial charge on any atom is -0.492 e. The number of aldehydes is 1. The number of hydrogen-bond donors (Lipinski definition) is 2. The molecule has 0 bridgehead atoms. The first kappa shape index (κ1) is 17.4. The Bertz CT molecular complexity index is 781. The van der Waals surface area contributed by atoms with Gasteiger partial charge in [0.2, 0.25) is 0 Å². The van der Waals surface area contributed by atoms with E-state index in [4.69, 9.17) is 10.5 Å². The number of nitrogens with zero attached hydrogens (tertiary/aromatic N) is 1. The Balaban J connectivity index is 2.30. The molecule has 0 fully saturated rings.